The molecule has 7 nitrogen and oxygen atoms in total. The minimum atomic E-state index is -4.19. The summed E-state index contributed by atoms with van der Waals surface area (Å²) < 4.78 is 42.6. The lowest BCUT2D eigenvalue weighted by Crippen LogP contribution is -2.53. The number of hydrogen-bond donors (Lipinski definition) is 1. The minimum Gasteiger partial charge on any atom is -0.352 e. The van der Waals surface area contributed by atoms with Gasteiger partial charge in [0.15, 0.2) is 0 Å². The Balaban J connectivity index is 1.73. The van der Waals surface area contributed by atoms with Crippen LogP contribution in [0, 0.1) is 12.7 Å². The first kappa shape index (κ1) is 30.5. The van der Waals surface area contributed by atoms with Crippen molar-refractivity contribution in [1.82, 2.24) is 10.2 Å². The van der Waals surface area contributed by atoms with Crippen LogP contribution in [-0.4, -0.2) is 43.8 Å². The molecular formula is C31H35ClFN3O4S. The van der Waals surface area contributed by atoms with Crippen LogP contribution < -0.4 is 9.62 Å². The SMILES string of the molecule is CC[C@H](C(=O)NC1CCCC1)N(Cc1ccc(F)cc1)C(=O)CN(c1cccc(Cl)c1C)S(=O)(=O)c1ccccc1. The zero-order valence-corrected chi connectivity index (χ0v) is 24.8. The standard InChI is InChI=1S/C31H35ClFN3O4S/c1-3-28(31(38)34-25-10-7-8-11-25)35(20-23-16-18-24(33)19-17-23)30(37)21-36(29-15-9-14-27(32)22(29)2)41(39,40)26-12-5-4-6-13-26/h4-6,9,12-19,25,28H,3,7-8,10-11,20-21H2,1-2H3,(H,34,38)/t28-/m1/s1. The number of carbonyl (C=O) groups excluding carboxylic acids is 2. The lowest BCUT2D eigenvalue weighted by Gasteiger charge is -2.34. The average molecular weight is 600 g/mol. The molecule has 1 saturated carbocycles. The summed E-state index contributed by atoms with van der Waals surface area (Å²) in [7, 11) is -4.19. The first-order valence-corrected chi connectivity index (χ1v) is 15.6. The summed E-state index contributed by atoms with van der Waals surface area (Å²) in [6.07, 6.45) is 4.14. The smallest absolute Gasteiger partial charge is 0.264 e. The van der Waals surface area contributed by atoms with Gasteiger partial charge >= 0.3 is 0 Å². The number of hydrogen-bond acceptors (Lipinski definition) is 4. The molecule has 41 heavy (non-hydrogen) atoms. The maximum absolute atomic E-state index is 14.1. The van der Waals surface area contributed by atoms with E-state index < -0.39 is 34.3 Å². The van der Waals surface area contributed by atoms with Gasteiger partial charge in [0, 0.05) is 17.6 Å². The van der Waals surface area contributed by atoms with Gasteiger partial charge in [0.25, 0.3) is 10.0 Å². The van der Waals surface area contributed by atoms with Gasteiger partial charge in [-0.15, -0.1) is 0 Å². The van der Waals surface area contributed by atoms with Gasteiger partial charge in [0.1, 0.15) is 18.4 Å². The van der Waals surface area contributed by atoms with Crippen molar-refractivity contribution in [2.45, 2.75) is 69.5 Å². The maximum Gasteiger partial charge on any atom is 0.264 e. The van der Waals surface area contributed by atoms with Gasteiger partial charge in [-0.1, -0.05) is 67.8 Å². The van der Waals surface area contributed by atoms with Crippen molar-refractivity contribution in [2.24, 2.45) is 0 Å². The predicted octanol–water partition coefficient (Wildman–Crippen LogP) is 5.85. The summed E-state index contributed by atoms with van der Waals surface area (Å²) >= 11 is 6.37. The molecule has 3 aromatic rings. The minimum absolute atomic E-state index is 0.00343. The third-order valence-corrected chi connectivity index (χ3v) is 9.65. The van der Waals surface area contributed by atoms with Crippen LogP contribution in [0.4, 0.5) is 10.1 Å². The van der Waals surface area contributed by atoms with Crippen molar-refractivity contribution in [3.8, 4) is 0 Å². The molecular weight excluding hydrogens is 565 g/mol. The first-order chi connectivity index (χ1) is 19.6. The topological polar surface area (TPSA) is 86.8 Å². The summed E-state index contributed by atoms with van der Waals surface area (Å²) in [5, 5.41) is 3.43. The van der Waals surface area contributed by atoms with Crippen LogP contribution in [0.3, 0.4) is 0 Å². The predicted molar refractivity (Wildman–Crippen MR) is 159 cm³/mol. The highest BCUT2D eigenvalue weighted by Crippen LogP contribution is 2.31. The molecule has 218 valence electrons. The van der Waals surface area contributed by atoms with Crippen molar-refractivity contribution in [1.29, 1.82) is 0 Å². The number of benzene rings is 3. The van der Waals surface area contributed by atoms with E-state index in [1.807, 2.05) is 6.92 Å². The largest absolute Gasteiger partial charge is 0.352 e. The highest BCUT2D eigenvalue weighted by atomic mass is 35.5. The molecule has 0 heterocycles. The second kappa shape index (κ2) is 13.5. The van der Waals surface area contributed by atoms with E-state index in [1.54, 1.807) is 55.5 Å². The van der Waals surface area contributed by atoms with E-state index >= 15 is 0 Å². The van der Waals surface area contributed by atoms with Gasteiger partial charge in [-0.25, -0.2) is 12.8 Å². The second-order valence-corrected chi connectivity index (χ2v) is 12.5. The monoisotopic (exact) mass is 599 g/mol. The summed E-state index contributed by atoms with van der Waals surface area (Å²) in [5.74, 6) is -1.28. The van der Waals surface area contributed by atoms with E-state index in [0.29, 0.717) is 22.6 Å². The fraction of sp³-hybridized carbons (Fsp3) is 0.355. The molecule has 1 fully saturated rings. The summed E-state index contributed by atoms with van der Waals surface area (Å²) in [6, 6.07) is 17.6. The van der Waals surface area contributed by atoms with Crippen LogP contribution in [0.15, 0.2) is 77.7 Å². The molecule has 0 aromatic heterocycles. The molecule has 0 aliphatic heterocycles. The van der Waals surface area contributed by atoms with Crippen molar-refractivity contribution in [3.05, 3.63) is 94.8 Å². The van der Waals surface area contributed by atoms with Gasteiger partial charge in [-0.3, -0.25) is 13.9 Å². The molecule has 2 amide bonds. The molecule has 1 aliphatic carbocycles. The van der Waals surface area contributed by atoms with Crippen LogP contribution in [0.1, 0.15) is 50.2 Å². The molecule has 0 unspecified atom stereocenters. The van der Waals surface area contributed by atoms with Crippen molar-refractivity contribution in [2.75, 3.05) is 10.8 Å². The Kier molecular flexibility index (Phi) is 10.0. The highest BCUT2D eigenvalue weighted by Gasteiger charge is 2.35. The number of rotatable bonds is 11. The molecule has 4 rings (SSSR count). The van der Waals surface area contributed by atoms with Gasteiger partial charge in [0.05, 0.1) is 10.6 Å². The van der Waals surface area contributed by atoms with Crippen LogP contribution in [0.25, 0.3) is 0 Å². The van der Waals surface area contributed by atoms with Crippen molar-refractivity contribution >= 4 is 39.1 Å². The van der Waals surface area contributed by atoms with Crippen molar-refractivity contribution in [3.63, 3.8) is 0 Å². The third kappa shape index (κ3) is 7.26. The number of halogens is 2. The Morgan fingerprint density at radius 1 is 1.00 bits per heavy atom. The van der Waals surface area contributed by atoms with E-state index in [1.165, 1.54) is 29.2 Å². The molecule has 1 N–H and O–H groups in total. The fourth-order valence-electron chi connectivity index (χ4n) is 5.17. The fourth-order valence-corrected chi connectivity index (χ4v) is 6.84. The first-order valence-electron chi connectivity index (χ1n) is 13.8. The van der Waals surface area contributed by atoms with Crippen LogP contribution in [0.5, 0.6) is 0 Å². The van der Waals surface area contributed by atoms with Gasteiger partial charge in [-0.2, -0.15) is 0 Å². The van der Waals surface area contributed by atoms with Gasteiger partial charge in [0.2, 0.25) is 11.8 Å². The summed E-state index contributed by atoms with van der Waals surface area (Å²) in [4.78, 5) is 29.0. The van der Waals surface area contributed by atoms with Crippen LogP contribution in [0.2, 0.25) is 5.02 Å². The molecule has 1 aliphatic rings. The van der Waals surface area contributed by atoms with E-state index in [-0.39, 0.29) is 29.1 Å². The Hall–Kier alpha value is -3.43. The lowest BCUT2D eigenvalue weighted by molar-refractivity contribution is -0.140. The van der Waals surface area contributed by atoms with Crippen LogP contribution in [-0.2, 0) is 26.2 Å². The number of carbonyl (C=O) groups is 2. The third-order valence-electron chi connectivity index (χ3n) is 7.47. The molecule has 0 spiro atoms. The molecule has 0 bridgehead atoms. The summed E-state index contributed by atoms with van der Waals surface area (Å²) in [5.41, 5.74) is 1.38. The molecule has 10 heteroatoms. The Bertz CT molecular complexity index is 1460. The van der Waals surface area contributed by atoms with Gasteiger partial charge in [-0.05, 0) is 73.7 Å². The van der Waals surface area contributed by atoms with E-state index in [9.17, 15) is 22.4 Å². The number of anilines is 1. The maximum atomic E-state index is 14.1. The average Bonchev–Trinajstić information content (AvgIpc) is 3.47. The summed E-state index contributed by atoms with van der Waals surface area (Å²) in [6.45, 7) is 2.94. The molecule has 1 atom stereocenters. The zero-order chi connectivity index (χ0) is 29.6. The van der Waals surface area contributed by atoms with E-state index in [2.05, 4.69) is 5.32 Å². The zero-order valence-electron chi connectivity index (χ0n) is 23.2. The second-order valence-electron chi connectivity index (χ2n) is 10.3. The Morgan fingerprint density at radius 2 is 1.66 bits per heavy atom. The highest BCUT2D eigenvalue weighted by molar-refractivity contribution is 7.92. The Labute approximate surface area is 246 Å². The van der Waals surface area contributed by atoms with E-state index in [4.69, 9.17) is 11.6 Å². The molecule has 0 saturated heterocycles. The quantitative estimate of drug-likeness (QED) is 0.300. The number of nitrogens with zero attached hydrogens (tertiary/aromatic N) is 2. The number of sulfonamides is 1. The number of nitrogens with one attached hydrogen (secondary N) is 1. The Morgan fingerprint density at radius 3 is 2.29 bits per heavy atom. The lowest BCUT2D eigenvalue weighted by atomic mass is 10.1. The number of amides is 2. The molecule has 0 radical (unpaired) electrons. The van der Waals surface area contributed by atoms with E-state index in [0.717, 1.165) is 30.0 Å². The van der Waals surface area contributed by atoms with Crippen molar-refractivity contribution < 1.29 is 22.4 Å². The van der Waals surface area contributed by atoms with Crippen LogP contribution >= 0.6 is 11.6 Å². The van der Waals surface area contributed by atoms with Gasteiger partial charge < -0.3 is 10.2 Å². The normalized spacial score (nSPS) is 14.4. The molecule has 3 aromatic carbocycles.